The number of carbonyl (C=O) groups is 1. The van der Waals surface area contributed by atoms with E-state index in [1.165, 1.54) is 23.0 Å². The van der Waals surface area contributed by atoms with Gasteiger partial charge >= 0.3 is 5.97 Å². The van der Waals surface area contributed by atoms with E-state index in [0.29, 0.717) is 54.3 Å². The maximum absolute atomic E-state index is 13.8. The number of nitrogens with zero attached hydrogens (tertiary/aromatic N) is 2. The first-order chi connectivity index (χ1) is 18.1. The van der Waals surface area contributed by atoms with Gasteiger partial charge < -0.3 is 14.2 Å². The zero-order valence-electron chi connectivity index (χ0n) is 21.3. The quantitative estimate of drug-likeness (QED) is 0.278. The minimum atomic E-state index is -0.796. The molecule has 0 N–H and O–H groups in total. The summed E-state index contributed by atoms with van der Waals surface area (Å²) < 4.78 is 18.7. The van der Waals surface area contributed by atoms with Gasteiger partial charge in [-0.1, -0.05) is 59.3 Å². The van der Waals surface area contributed by atoms with Crippen molar-refractivity contribution < 1.29 is 19.0 Å². The van der Waals surface area contributed by atoms with Crippen molar-refractivity contribution in [3.63, 3.8) is 0 Å². The third kappa shape index (κ3) is 5.57. The van der Waals surface area contributed by atoms with Crippen LogP contribution in [-0.4, -0.2) is 30.4 Å². The molecule has 0 saturated heterocycles. The molecule has 0 saturated carbocycles. The molecule has 0 radical (unpaired) electrons. The monoisotopic (exact) mass is 572 g/mol. The molecule has 2 heterocycles. The second-order valence-corrected chi connectivity index (χ2v) is 10.5. The van der Waals surface area contributed by atoms with Gasteiger partial charge in [-0.25, -0.2) is 9.79 Å². The Morgan fingerprint density at radius 2 is 1.95 bits per heavy atom. The van der Waals surface area contributed by atoms with Crippen molar-refractivity contribution in [1.82, 2.24) is 4.57 Å². The number of esters is 1. The number of aromatic nitrogens is 1. The Morgan fingerprint density at radius 3 is 2.61 bits per heavy atom. The molecular formula is C28H26Cl2N2O5S. The summed E-state index contributed by atoms with van der Waals surface area (Å²) >= 11 is 13.4. The highest BCUT2D eigenvalue weighted by Crippen LogP contribution is 2.36. The van der Waals surface area contributed by atoms with Crippen LogP contribution in [0, 0.1) is 0 Å². The number of benzene rings is 2. The van der Waals surface area contributed by atoms with Crippen molar-refractivity contribution in [2.24, 2.45) is 4.99 Å². The SMILES string of the molecule is C=CCOc1ccc(C2C(C(=O)OC(C)C)=C(C)N=c3sc(=Cc4ccc(Cl)c(Cl)c4)c(=O)n32)cc1OC. The van der Waals surface area contributed by atoms with Crippen molar-refractivity contribution in [3.05, 3.63) is 101 Å². The molecule has 7 nitrogen and oxygen atoms in total. The number of thiazole rings is 1. The van der Waals surface area contributed by atoms with Crippen LogP contribution in [0.3, 0.4) is 0 Å². The van der Waals surface area contributed by atoms with Gasteiger partial charge in [-0.2, -0.15) is 0 Å². The molecule has 0 spiro atoms. The van der Waals surface area contributed by atoms with Crippen LogP contribution < -0.4 is 24.4 Å². The van der Waals surface area contributed by atoms with E-state index in [-0.39, 0.29) is 17.2 Å². The van der Waals surface area contributed by atoms with Crippen LogP contribution in [0.25, 0.3) is 6.08 Å². The molecule has 4 rings (SSSR count). The third-order valence-electron chi connectivity index (χ3n) is 5.69. The maximum Gasteiger partial charge on any atom is 0.338 e. The average Bonchev–Trinajstić information content (AvgIpc) is 3.17. The smallest absolute Gasteiger partial charge is 0.338 e. The summed E-state index contributed by atoms with van der Waals surface area (Å²) in [4.78, 5) is 32.2. The van der Waals surface area contributed by atoms with Crippen molar-refractivity contribution >= 4 is 46.6 Å². The van der Waals surface area contributed by atoms with Gasteiger partial charge in [0.05, 0.1) is 45.1 Å². The topological polar surface area (TPSA) is 79.1 Å². The molecule has 0 bridgehead atoms. The van der Waals surface area contributed by atoms with Crippen molar-refractivity contribution in [2.45, 2.75) is 32.9 Å². The normalized spacial score (nSPS) is 15.2. The van der Waals surface area contributed by atoms with E-state index in [9.17, 15) is 9.59 Å². The maximum atomic E-state index is 13.8. The summed E-state index contributed by atoms with van der Waals surface area (Å²) in [5.41, 5.74) is 1.78. The number of carbonyl (C=O) groups excluding carboxylic acids is 1. The van der Waals surface area contributed by atoms with Gasteiger partial charge in [0.2, 0.25) is 0 Å². The lowest BCUT2D eigenvalue weighted by molar-refractivity contribution is -0.143. The van der Waals surface area contributed by atoms with E-state index in [1.54, 1.807) is 69.3 Å². The van der Waals surface area contributed by atoms with E-state index in [2.05, 4.69) is 11.6 Å². The molecular weight excluding hydrogens is 547 g/mol. The highest BCUT2D eigenvalue weighted by molar-refractivity contribution is 7.07. The second kappa shape index (κ2) is 11.6. The summed E-state index contributed by atoms with van der Waals surface area (Å²) in [6.07, 6.45) is 3.00. The molecule has 1 aliphatic rings. The van der Waals surface area contributed by atoms with E-state index in [0.717, 1.165) is 0 Å². The molecule has 1 atom stereocenters. The standard InChI is InChI=1S/C28H26Cl2N2O5S/c1-6-11-36-21-10-8-18(14-22(21)35-5)25-24(27(34)37-15(2)3)16(4)31-28-32(25)26(33)23(38-28)13-17-7-9-19(29)20(30)12-17/h6-10,12-15,25H,1,11H2,2-5H3. The Bertz CT molecular complexity index is 1620. The zero-order valence-corrected chi connectivity index (χ0v) is 23.6. The van der Waals surface area contributed by atoms with Gasteiger partial charge in [-0.15, -0.1) is 0 Å². The van der Waals surface area contributed by atoms with Crippen molar-refractivity contribution in [1.29, 1.82) is 0 Å². The van der Waals surface area contributed by atoms with Crippen LogP contribution in [0.15, 0.2) is 70.1 Å². The molecule has 1 unspecified atom stereocenters. The first-order valence-electron chi connectivity index (χ1n) is 11.7. The van der Waals surface area contributed by atoms with Crippen LogP contribution in [0.4, 0.5) is 0 Å². The minimum absolute atomic E-state index is 0.272. The summed E-state index contributed by atoms with van der Waals surface area (Å²) in [7, 11) is 1.53. The number of fused-ring (bicyclic) bond motifs is 1. The lowest BCUT2D eigenvalue weighted by atomic mass is 9.95. The largest absolute Gasteiger partial charge is 0.493 e. The van der Waals surface area contributed by atoms with E-state index in [1.807, 2.05) is 0 Å². The van der Waals surface area contributed by atoms with Gasteiger partial charge in [0.15, 0.2) is 16.3 Å². The summed E-state index contributed by atoms with van der Waals surface area (Å²) in [6.45, 7) is 9.24. The fourth-order valence-corrected chi connectivity index (χ4v) is 5.40. The zero-order chi connectivity index (χ0) is 27.6. The predicted octanol–water partition coefficient (Wildman–Crippen LogP) is 5.07. The van der Waals surface area contributed by atoms with Gasteiger partial charge in [-0.05, 0) is 62.2 Å². The lowest BCUT2D eigenvalue weighted by Gasteiger charge is -2.26. The molecule has 198 valence electrons. The number of allylic oxidation sites excluding steroid dienone is 1. The minimum Gasteiger partial charge on any atom is -0.493 e. The van der Waals surface area contributed by atoms with Crippen LogP contribution in [0.5, 0.6) is 11.5 Å². The first-order valence-corrected chi connectivity index (χ1v) is 13.3. The number of ether oxygens (including phenoxy) is 3. The Morgan fingerprint density at radius 1 is 1.18 bits per heavy atom. The van der Waals surface area contributed by atoms with Crippen LogP contribution in [0.2, 0.25) is 10.0 Å². The highest BCUT2D eigenvalue weighted by Gasteiger charge is 2.34. The third-order valence-corrected chi connectivity index (χ3v) is 7.41. The molecule has 3 aromatic rings. The summed E-state index contributed by atoms with van der Waals surface area (Å²) in [5, 5.41) is 0.801. The van der Waals surface area contributed by atoms with Gasteiger partial charge in [0, 0.05) is 0 Å². The Balaban J connectivity index is 1.94. The molecule has 0 fully saturated rings. The molecule has 0 aliphatic carbocycles. The summed E-state index contributed by atoms with van der Waals surface area (Å²) in [5.74, 6) is 0.416. The average molecular weight is 573 g/mol. The number of hydrogen-bond donors (Lipinski definition) is 0. The van der Waals surface area contributed by atoms with Crippen LogP contribution >= 0.6 is 34.5 Å². The molecule has 1 aliphatic heterocycles. The molecule has 38 heavy (non-hydrogen) atoms. The fraction of sp³-hybridized carbons (Fsp3) is 0.250. The highest BCUT2D eigenvalue weighted by atomic mass is 35.5. The molecule has 10 heteroatoms. The number of hydrogen-bond acceptors (Lipinski definition) is 7. The lowest BCUT2D eigenvalue weighted by Crippen LogP contribution is -2.40. The Kier molecular flexibility index (Phi) is 8.45. The number of halogens is 2. The van der Waals surface area contributed by atoms with Gasteiger partial charge in [0.25, 0.3) is 5.56 Å². The summed E-state index contributed by atoms with van der Waals surface area (Å²) in [6, 6.07) is 9.61. The van der Waals surface area contributed by atoms with E-state index < -0.39 is 12.0 Å². The fourth-order valence-electron chi connectivity index (χ4n) is 4.05. The van der Waals surface area contributed by atoms with E-state index in [4.69, 9.17) is 37.4 Å². The molecule has 1 aromatic heterocycles. The van der Waals surface area contributed by atoms with E-state index >= 15 is 0 Å². The van der Waals surface area contributed by atoms with Gasteiger partial charge in [-0.3, -0.25) is 9.36 Å². The van der Waals surface area contributed by atoms with Crippen molar-refractivity contribution in [3.8, 4) is 11.5 Å². The number of rotatable bonds is 8. The van der Waals surface area contributed by atoms with Crippen LogP contribution in [-0.2, 0) is 9.53 Å². The Hall–Kier alpha value is -3.33. The van der Waals surface area contributed by atoms with Crippen LogP contribution in [0.1, 0.15) is 37.9 Å². The first kappa shape index (κ1) is 27.7. The molecule has 0 amide bonds. The van der Waals surface area contributed by atoms with Gasteiger partial charge in [0.1, 0.15) is 6.61 Å². The number of methoxy groups -OCH3 is 1. The predicted molar refractivity (Wildman–Crippen MR) is 150 cm³/mol. The van der Waals surface area contributed by atoms with Crippen molar-refractivity contribution in [2.75, 3.05) is 13.7 Å². The Labute approximate surface area is 233 Å². The molecule has 2 aromatic carbocycles. The second-order valence-electron chi connectivity index (χ2n) is 8.72.